The van der Waals surface area contributed by atoms with Crippen LogP contribution in [0.25, 0.3) is 10.9 Å². The Labute approximate surface area is 141 Å². The highest BCUT2D eigenvalue weighted by Gasteiger charge is 2.11. The van der Waals surface area contributed by atoms with E-state index in [1.165, 1.54) is 0 Å². The normalized spacial score (nSPS) is 10.6. The molecule has 0 saturated carbocycles. The number of aromatic nitrogens is 1. The van der Waals surface area contributed by atoms with Gasteiger partial charge in [-0.3, -0.25) is 9.78 Å². The molecule has 0 aliphatic rings. The second-order valence-corrected chi connectivity index (χ2v) is 5.96. The van der Waals surface area contributed by atoms with Crippen molar-refractivity contribution in [2.75, 3.05) is 14.1 Å². The van der Waals surface area contributed by atoms with E-state index in [1.807, 2.05) is 49.4 Å². The molecule has 3 aromatic rings. The number of ether oxygens (including phenoxy) is 1. The summed E-state index contributed by atoms with van der Waals surface area (Å²) in [6, 6.07) is 15.5. The summed E-state index contributed by atoms with van der Waals surface area (Å²) in [7, 11) is 3.48. The Morgan fingerprint density at radius 2 is 1.92 bits per heavy atom. The smallest absolute Gasteiger partial charge is 0.253 e. The zero-order valence-electron chi connectivity index (χ0n) is 14.1. The minimum absolute atomic E-state index is 0.0355. The van der Waals surface area contributed by atoms with Crippen LogP contribution in [0.3, 0.4) is 0 Å². The maximum atomic E-state index is 12.1. The van der Waals surface area contributed by atoms with Gasteiger partial charge < -0.3 is 9.64 Å². The SMILES string of the molecule is Cc1ccc(C(=O)N(C)C)cc1OCc1cccc2cccnc12. The molecule has 4 nitrogen and oxygen atoms in total. The lowest BCUT2D eigenvalue weighted by Gasteiger charge is -2.14. The molecule has 0 aliphatic carbocycles. The number of aryl methyl sites for hydroxylation is 1. The predicted molar refractivity (Wildman–Crippen MR) is 95.3 cm³/mol. The number of benzene rings is 2. The Morgan fingerprint density at radius 3 is 2.71 bits per heavy atom. The van der Waals surface area contributed by atoms with E-state index in [-0.39, 0.29) is 5.91 Å². The van der Waals surface area contributed by atoms with Crippen LogP contribution in [0.1, 0.15) is 21.5 Å². The molecule has 0 fully saturated rings. The molecule has 3 rings (SSSR count). The van der Waals surface area contributed by atoms with Crippen molar-refractivity contribution in [1.29, 1.82) is 0 Å². The standard InChI is InChI=1S/C20H20N2O2/c1-14-9-10-16(20(23)22(2)3)12-18(14)24-13-17-7-4-6-15-8-5-11-21-19(15)17/h4-12H,13H2,1-3H3. The summed E-state index contributed by atoms with van der Waals surface area (Å²) in [4.78, 5) is 18.1. The van der Waals surface area contributed by atoms with E-state index < -0.39 is 0 Å². The molecule has 122 valence electrons. The van der Waals surface area contributed by atoms with Gasteiger partial charge in [0.25, 0.3) is 5.91 Å². The Bertz CT molecular complexity index is 882. The minimum Gasteiger partial charge on any atom is -0.489 e. The summed E-state index contributed by atoms with van der Waals surface area (Å²) >= 11 is 0. The Hall–Kier alpha value is -2.88. The van der Waals surface area contributed by atoms with E-state index in [2.05, 4.69) is 4.98 Å². The van der Waals surface area contributed by atoms with Gasteiger partial charge in [0.15, 0.2) is 0 Å². The Kier molecular flexibility index (Phi) is 4.47. The third kappa shape index (κ3) is 3.23. The molecule has 4 heteroatoms. The second-order valence-electron chi connectivity index (χ2n) is 5.96. The molecule has 0 aliphatic heterocycles. The molecule has 0 N–H and O–H groups in total. The fraction of sp³-hybridized carbons (Fsp3) is 0.200. The highest BCUT2D eigenvalue weighted by Crippen LogP contribution is 2.23. The van der Waals surface area contributed by atoms with Crippen LogP contribution in [-0.2, 0) is 6.61 Å². The van der Waals surface area contributed by atoms with Crippen LogP contribution in [0.15, 0.2) is 54.7 Å². The number of nitrogens with zero attached hydrogens (tertiary/aromatic N) is 2. The van der Waals surface area contributed by atoms with E-state index in [0.717, 1.165) is 27.8 Å². The van der Waals surface area contributed by atoms with Crippen LogP contribution in [0.4, 0.5) is 0 Å². The van der Waals surface area contributed by atoms with Crippen molar-refractivity contribution in [3.05, 3.63) is 71.4 Å². The molecule has 1 aromatic heterocycles. The highest BCUT2D eigenvalue weighted by molar-refractivity contribution is 5.94. The molecular formula is C20H20N2O2. The van der Waals surface area contributed by atoms with Crippen LogP contribution >= 0.6 is 0 Å². The molecular weight excluding hydrogens is 300 g/mol. The van der Waals surface area contributed by atoms with Crippen molar-refractivity contribution in [2.45, 2.75) is 13.5 Å². The van der Waals surface area contributed by atoms with Crippen molar-refractivity contribution in [1.82, 2.24) is 9.88 Å². The Balaban J connectivity index is 1.86. The number of para-hydroxylation sites is 1. The fourth-order valence-electron chi connectivity index (χ4n) is 2.59. The van der Waals surface area contributed by atoms with Crippen LogP contribution in [0.2, 0.25) is 0 Å². The maximum Gasteiger partial charge on any atom is 0.253 e. The van der Waals surface area contributed by atoms with Gasteiger partial charge in [0.2, 0.25) is 0 Å². The van der Waals surface area contributed by atoms with E-state index in [9.17, 15) is 4.79 Å². The molecule has 0 atom stereocenters. The van der Waals surface area contributed by atoms with Crippen LogP contribution in [0, 0.1) is 6.92 Å². The van der Waals surface area contributed by atoms with Crippen molar-refractivity contribution < 1.29 is 9.53 Å². The van der Waals surface area contributed by atoms with Gasteiger partial charge in [-0.05, 0) is 30.7 Å². The molecule has 2 aromatic carbocycles. The molecule has 0 saturated heterocycles. The number of amides is 1. The van der Waals surface area contributed by atoms with Gasteiger partial charge in [0, 0.05) is 36.8 Å². The van der Waals surface area contributed by atoms with Crippen molar-refractivity contribution in [2.24, 2.45) is 0 Å². The van der Waals surface area contributed by atoms with Gasteiger partial charge >= 0.3 is 0 Å². The molecule has 0 spiro atoms. The van der Waals surface area contributed by atoms with Gasteiger partial charge in [-0.25, -0.2) is 0 Å². The van der Waals surface area contributed by atoms with Crippen molar-refractivity contribution >= 4 is 16.8 Å². The summed E-state index contributed by atoms with van der Waals surface area (Å²) in [5.41, 5.74) is 3.59. The number of rotatable bonds is 4. The average molecular weight is 320 g/mol. The van der Waals surface area contributed by atoms with E-state index in [4.69, 9.17) is 4.74 Å². The largest absolute Gasteiger partial charge is 0.489 e. The lowest BCUT2D eigenvalue weighted by molar-refractivity contribution is 0.0827. The predicted octanol–water partition coefficient (Wildman–Crippen LogP) is 3.82. The first-order valence-electron chi connectivity index (χ1n) is 7.84. The third-order valence-electron chi connectivity index (χ3n) is 3.94. The third-order valence-corrected chi connectivity index (χ3v) is 3.94. The number of carbonyl (C=O) groups excluding carboxylic acids is 1. The summed E-state index contributed by atoms with van der Waals surface area (Å²) in [6.45, 7) is 2.38. The topological polar surface area (TPSA) is 42.4 Å². The minimum atomic E-state index is -0.0355. The van der Waals surface area contributed by atoms with Crippen LogP contribution in [0.5, 0.6) is 5.75 Å². The van der Waals surface area contributed by atoms with Crippen LogP contribution in [-0.4, -0.2) is 29.9 Å². The molecule has 0 radical (unpaired) electrons. The number of hydrogen-bond acceptors (Lipinski definition) is 3. The lowest BCUT2D eigenvalue weighted by Crippen LogP contribution is -2.21. The fourth-order valence-corrected chi connectivity index (χ4v) is 2.59. The van der Waals surface area contributed by atoms with Gasteiger partial charge in [0.05, 0.1) is 5.52 Å². The first kappa shape index (κ1) is 16.0. The average Bonchev–Trinajstić information content (AvgIpc) is 2.60. The summed E-state index contributed by atoms with van der Waals surface area (Å²) < 4.78 is 5.99. The van der Waals surface area contributed by atoms with Gasteiger partial charge in [-0.2, -0.15) is 0 Å². The number of pyridine rings is 1. The molecule has 1 heterocycles. The van der Waals surface area contributed by atoms with Crippen molar-refractivity contribution in [3.8, 4) is 5.75 Å². The number of hydrogen-bond donors (Lipinski definition) is 0. The summed E-state index contributed by atoms with van der Waals surface area (Å²) in [5.74, 6) is 0.683. The van der Waals surface area contributed by atoms with Gasteiger partial charge in [0.1, 0.15) is 12.4 Å². The Morgan fingerprint density at radius 1 is 1.12 bits per heavy atom. The monoisotopic (exact) mass is 320 g/mol. The van der Waals surface area contributed by atoms with E-state index in [0.29, 0.717) is 12.2 Å². The zero-order chi connectivity index (χ0) is 17.1. The number of fused-ring (bicyclic) bond motifs is 1. The van der Waals surface area contributed by atoms with Gasteiger partial charge in [-0.15, -0.1) is 0 Å². The quantitative estimate of drug-likeness (QED) is 0.734. The molecule has 0 bridgehead atoms. The number of carbonyl (C=O) groups is 1. The highest BCUT2D eigenvalue weighted by atomic mass is 16.5. The maximum absolute atomic E-state index is 12.1. The molecule has 0 unspecified atom stereocenters. The van der Waals surface area contributed by atoms with Gasteiger partial charge in [-0.1, -0.05) is 30.3 Å². The summed E-state index contributed by atoms with van der Waals surface area (Å²) in [6.07, 6.45) is 1.79. The second kappa shape index (κ2) is 6.71. The lowest BCUT2D eigenvalue weighted by atomic mass is 10.1. The molecule has 24 heavy (non-hydrogen) atoms. The van der Waals surface area contributed by atoms with E-state index >= 15 is 0 Å². The molecule has 1 amide bonds. The first-order chi connectivity index (χ1) is 11.6. The summed E-state index contributed by atoms with van der Waals surface area (Å²) in [5, 5.41) is 1.09. The zero-order valence-corrected chi connectivity index (χ0v) is 14.1. The van der Waals surface area contributed by atoms with Crippen molar-refractivity contribution in [3.63, 3.8) is 0 Å². The first-order valence-corrected chi connectivity index (χ1v) is 7.84. The van der Waals surface area contributed by atoms with Crippen LogP contribution < -0.4 is 4.74 Å². The van der Waals surface area contributed by atoms with E-state index in [1.54, 1.807) is 31.3 Å².